The van der Waals surface area contributed by atoms with Crippen molar-refractivity contribution >= 4 is 11.7 Å². The predicted molar refractivity (Wildman–Crippen MR) is 51.9 cm³/mol. The molecule has 0 radical (unpaired) electrons. The third-order valence-electron chi connectivity index (χ3n) is 1.88. The Balaban J connectivity index is 2.78. The molecule has 0 spiro atoms. The number of para-hydroxylation sites is 1. The maximum atomic E-state index is 11.8. The molecule has 1 aromatic rings. The summed E-state index contributed by atoms with van der Waals surface area (Å²) in [5, 5.41) is 0. The van der Waals surface area contributed by atoms with Gasteiger partial charge >= 0.3 is 5.97 Å². The van der Waals surface area contributed by atoms with Crippen molar-refractivity contribution in [2.45, 2.75) is 13.3 Å². The van der Waals surface area contributed by atoms with E-state index < -0.39 is 19.0 Å². The van der Waals surface area contributed by atoms with E-state index in [-0.39, 0.29) is 11.3 Å². The standard InChI is InChI=1S/C10H11F2NO2/c1-6-3-2-4-7(9(6)13)10(14)15-5-8(11)12/h2-4,8H,5,13H2,1H3. The summed E-state index contributed by atoms with van der Waals surface area (Å²) in [6, 6.07) is 4.78. The van der Waals surface area contributed by atoms with Crippen molar-refractivity contribution in [1.29, 1.82) is 0 Å². The van der Waals surface area contributed by atoms with E-state index in [0.717, 1.165) is 0 Å². The summed E-state index contributed by atoms with van der Waals surface area (Å²) in [7, 11) is 0. The molecule has 15 heavy (non-hydrogen) atoms. The number of hydrogen-bond acceptors (Lipinski definition) is 3. The highest BCUT2D eigenvalue weighted by molar-refractivity contribution is 5.95. The largest absolute Gasteiger partial charge is 0.456 e. The van der Waals surface area contributed by atoms with Gasteiger partial charge in [-0.1, -0.05) is 12.1 Å². The number of halogens is 2. The molecule has 0 bridgehead atoms. The lowest BCUT2D eigenvalue weighted by Gasteiger charge is -2.07. The molecule has 0 fully saturated rings. The van der Waals surface area contributed by atoms with Crippen molar-refractivity contribution in [3.8, 4) is 0 Å². The summed E-state index contributed by atoms with van der Waals surface area (Å²) >= 11 is 0. The van der Waals surface area contributed by atoms with Gasteiger partial charge in [0.05, 0.1) is 5.56 Å². The monoisotopic (exact) mass is 215 g/mol. The van der Waals surface area contributed by atoms with Gasteiger partial charge in [-0.15, -0.1) is 0 Å². The van der Waals surface area contributed by atoms with Gasteiger partial charge in [-0.25, -0.2) is 13.6 Å². The number of nitrogens with two attached hydrogens (primary N) is 1. The van der Waals surface area contributed by atoms with Crippen LogP contribution in [0.2, 0.25) is 0 Å². The molecule has 0 saturated carbocycles. The molecule has 5 heteroatoms. The third kappa shape index (κ3) is 2.90. The normalized spacial score (nSPS) is 10.4. The van der Waals surface area contributed by atoms with Gasteiger partial charge in [-0.3, -0.25) is 0 Å². The first-order valence-corrected chi connectivity index (χ1v) is 4.32. The Morgan fingerprint density at radius 1 is 1.53 bits per heavy atom. The fourth-order valence-corrected chi connectivity index (χ4v) is 1.08. The Morgan fingerprint density at radius 2 is 2.20 bits per heavy atom. The van der Waals surface area contributed by atoms with Crippen molar-refractivity contribution in [2.75, 3.05) is 12.3 Å². The molecule has 0 amide bonds. The quantitative estimate of drug-likeness (QED) is 0.619. The van der Waals surface area contributed by atoms with Crippen LogP contribution in [0.4, 0.5) is 14.5 Å². The number of ether oxygens (including phenoxy) is 1. The molecule has 0 saturated heterocycles. The predicted octanol–water partition coefficient (Wildman–Crippen LogP) is 2.00. The fourth-order valence-electron chi connectivity index (χ4n) is 1.08. The molecule has 1 rings (SSSR count). The minimum atomic E-state index is -2.67. The maximum absolute atomic E-state index is 11.8. The second-order valence-corrected chi connectivity index (χ2v) is 3.03. The number of alkyl halides is 2. The Bertz CT molecular complexity index is 366. The molecule has 0 aliphatic heterocycles. The van der Waals surface area contributed by atoms with Crippen LogP contribution in [0.25, 0.3) is 0 Å². The van der Waals surface area contributed by atoms with Crippen LogP contribution in [-0.2, 0) is 4.74 Å². The second kappa shape index (κ2) is 4.72. The van der Waals surface area contributed by atoms with E-state index in [1.165, 1.54) is 6.07 Å². The van der Waals surface area contributed by atoms with Gasteiger partial charge in [0.15, 0.2) is 6.61 Å². The van der Waals surface area contributed by atoms with E-state index >= 15 is 0 Å². The Morgan fingerprint density at radius 3 is 2.80 bits per heavy atom. The first kappa shape index (κ1) is 11.4. The van der Waals surface area contributed by atoms with E-state index in [9.17, 15) is 13.6 Å². The van der Waals surface area contributed by atoms with E-state index in [1.807, 2.05) is 0 Å². The lowest BCUT2D eigenvalue weighted by atomic mass is 10.1. The van der Waals surface area contributed by atoms with Crippen LogP contribution in [0.3, 0.4) is 0 Å². The van der Waals surface area contributed by atoms with Crippen LogP contribution in [-0.4, -0.2) is 19.0 Å². The topological polar surface area (TPSA) is 52.3 Å². The fraction of sp³-hybridized carbons (Fsp3) is 0.300. The van der Waals surface area contributed by atoms with Crippen LogP contribution in [0.5, 0.6) is 0 Å². The van der Waals surface area contributed by atoms with Gasteiger partial charge in [-0.2, -0.15) is 0 Å². The molecule has 2 N–H and O–H groups in total. The molecule has 0 heterocycles. The van der Waals surface area contributed by atoms with Gasteiger partial charge in [0.25, 0.3) is 6.43 Å². The van der Waals surface area contributed by atoms with Crippen molar-refractivity contribution in [3.63, 3.8) is 0 Å². The van der Waals surface area contributed by atoms with Gasteiger partial charge in [0, 0.05) is 5.69 Å². The summed E-state index contributed by atoms with van der Waals surface area (Å²) < 4.78 is 27.9. The number of nitrogen functional groups attached to an aromatic ring is 1. The highest BCUT2D eigenvalue weighted by Gasteiger charge is 2.14. The van der Waals surface area contributed by atoms with Crippen molar-refractivity contribution in [2.24, 2.45) is 0 Å². The summed E-state index contributed by atoms with van der Waals surface area (Å²) in [6.07, 6.45) is -2.67. The van der Waals surface area contributed by atoms with Gasteiger partial charge in [-0.05, 0) is 18.6 Å². The number of aryl methyl sites for hydroxylation is 1. The molecule has 0 unspecified atom stereocenters. The number of carbonyl (C=O) groups is 1. The smallest absolute Gasteiger partial charge is 0.340 e. The van der Waals surface area contributed by atoms with E-state index in [4.69, 9.17) is 5.73 Å². The average Bonchev–Trinajstić information content (AvgIpc) is 2.18. The molecule has 82 valence electrons. The lowest BCUT2D eigenvalue weighted by Crippen LogP contribution is -2.13. The van der Waals surface area contributed by atoms with Crippen LogP contribution < -0.4 is 5.73 Å². The van der Waals surface area contributed by atoms with Gasteiger partial charge in [0.1, 0.15) is 0 Å². The number of esters is 1. The molecule has 0 aliphatic rings. The van der Waals surface area contributed by atoms with Crippen LogP contribution in [0.1, 0.15) is 15.9 Å². The SMILES string of the molecule is Cc1cccc(C(=O)OCC(F)F)c1N. The zero-order valence-electron chi connectivity index (χ0n) is 8.17. The minimum Gasteiger partial charge on any atom is -0.456 e. The Hall–Kier alpha value is -1.65. The zero-order chi connectivity index (χ0) is 11.4. The van der Waals surface area contributed by atoms with Crippen molar-refractivity contribution in [1.82, 2.24) is 0 Å². The first-order valence-electron chi connectivity index (χ1n) is 4.32. The molecular formula is C10H11F2NO2. The minimum absolute atomic E-state index is 0.121. The van der Waals surface area contributed by atoms with Gasteiger partial charge < -0.3 is 10.5 Å². The van der Waals surface area contributed by atoms with E-state index in [0.29, 0.717) is 5.56 Å². The third-order valence-corrected chi connectivity index (χ3v) is 1.88. The summed E-state index contributed by atoms with van der Waals surface area (Å²) in [6.45, 7) is 0.811. The maximum Gasteiger partial charge on any atom is 0.340 e. The van der Waals surface area contributed by atoms with E-state index in [1.54, 1.807) is 19.1 Å². The summed E-state index contributed by atoms with van der Waals surface area (Å²) in [4.78, 5) is 11.3. The number of hydrogen-bond donors (Lipinski definition) is 1. The molecule has 1 aromatic carbocycles. The van der Waals surface area contributed by atoms with E-state index in [2.05, 4.69) is 4.74 Å². The first-order chi connectivity index (χ1) is 7.02. The number of anilines is 1. The zero-order valence-corrected chi connectivity index (χ0v) is 8.17. The lowest BCUT2D eigenvalue weighted by molar-refractivity contribution is 0.0161. The Kier molecular flexibility index (Phi) is 3.60. The summed E-state index contributed by atoms with van der Waals surface area (Å²) in [5.41, 5.74) is 6.69. The second-order valence-electron chi connectivity index (χ2n) is 3.03. The number of rotatable bonds is 3. The van der Waals surface area contributed by atoms with Crippen molar-refractivity contribution < 1.29 is 18.3 Å². The van der Waals surface area contributed by atoms with Crippen LogP contribution >= 0.6 is 0 Å². The van der Waals surface area contributed by atoms with Crippen LogP contribution in [0.15, 0.2) is 18.2 Å². The number of benzene rings is 1. The summed E-state index contributed by atoms with van der Waals surface area (Å²) in [5.74, 6) is -0.823. The molecule has 0 aliphatic carbocycles. The molecule has 3 nitrogen and oxygen atoms in total. The average molecular weight is 215 g/mol. The van der Waals surface area contributed by atoms with Crippen LogP contribution in [0, 0.1) is 6.92 Å². The molecule has 0 aromatic heterocycles. The molecular weight excluding hydrogens is 204 g/mol. The van der Waals surface area contributed by atoms with Crippen molar-refractivity contribution in [3.05, 3.63) is 29.3 Å². The van der Waals surface area contributed by atoms with Gasteiger partial charge in [0.2, 0.25) is 0 Å². The number of carbonyl (C=O) groups excluding carboxylic acids is 1. The Labute approximate surface area is 85.8 Å². The highest BCUT2D eigenvalue weighted by Crippen LogP contribution is 2.17. The molecule has 0 atom stereocenters. The highest BCUT2D eigenvalue weighted by atomic mass is 19.3.